The van der Waals surface area contributed by atoms with E-state index in [1.54, 1.807) is 13.8 Å². The number of Topliss-reactive ketones (excluding diaryl/α,β-unsaturated/α-hetero) is 1. The topological polar surface area (TPSA) is 102 Å². The van der Waals surface area contributed by atoms with Crippen molar-refractivity contribution in [3.8, 4) is 0 Å². The van der Waals surface area contributed by atoms with Crippen LogP contribution in [0.25, 0.3) is 0 Å². The summed E-state index contributed by atoms with van der Waals surface area (Å²) < 4.78 is 17.8. The van der Waals surface area contributed by atoms with Crippen LogP contribution in [0.2, 0.25) is 0 Å². The SMILES string of the molecule is CCC1OC(=O)[C@H](C)C(O[C@H]2C[C@H](O)[C@H](O)[C@@H](C)O2)[C@@H](C)C[C@@H](C)C(=O)CC[C@H]1C. The van der Waals surface area contributed by atoms with Crippen molar-refractivity contribution in [1.29, 1.82) is 0 Å². The number of carbonyl (C=O) groups is 2. The van der Waals surface area contributed by atoms with E-state index in [1.165, 1.54) is 0 Å². The van der Waals surface area contributed by atoms with Crippen molar-refractivity contribution in [1.82, 2.24) is 0 Å². The van der Waals surface area contributed by atoms with E-state index >= 15 is 0 Å². The zero-order valence-electron chi connectivity index (χ0n) is 19.2. The Morgan fingerprint density at radius 3 is 2.30 bits per heavy atom. The molecule has 0 bridgehead atoms. The fourth-order valence-electron chi connectivity index (χ4n) is 4.65. The van der Waals surface area contributed by atoms with Gasteiger partial charge in [0.1, 0.15) is 18.0 Å². The van der Waals surface area contributed by atoms with Crippen LogP contribution in [0.3, 0.4) is 0 Å². The maximum absolute atomic E-state index is 13.0. The molecular weight excluding hydrogens is 388 g/mol. The summed E-state index contributed by atoms with van der Waals surface area (Å²) in [6.45, 7) is 11.4. The summed E-state index contributed by atoms with van der Waals surface area (Å²) in [7, 11) is 0. The van der Waals surface area contributed by atoms with E-state index in [4.69, 9.17) is 14.2 Å². The first-order valence-corrected chi connectivity index (χ1v) is 11.4. The van der Waals surface area contributed by atoms with E-state index in [2.05, 4.69) is 0 Å². The molecule has 2 rings (SSSR count). The molecule has 0 aliphatic carbocycles. The quantitative estimate of drug-likeness (QED) is 0.666. The highest BCUT2D eigenvalue weighted by Gasteiger charge is 2.40. The Bertz CT molecular complexity index is 568. The molecule has 2 heterocycles. The second-order valence-electron chi connectivity index (χ2n) is 9.43. The number of hydrogen-bond acceptors (Lipinski definition) is 7. The first-order valence-electron chi connectivity index (χ1n) is 11.4. The van der Waals surface area contributed by atoms with Crippen LogP contribution >= 0.6 is 0 Å². The van der Waals surface area contributed by atoms with E-state index < -0.39 is 36.6 Å². The van der Waals surface area contributed by atoms with Crippen LogP contribution in [0, 0.1) is 23.7 Å². The van der Waals surface area contributed by atoms with Gasteiger partial charge in [0.25, 0.3) is 0 Å². The number of ether oxygens (including phenoxy) is 3. The van der Waals surface area contributed by atoms with E-state index in [0.717, 1.165) is 0 Å². The number of ketones is 1. The lowest BCUT2D eigenvalue weighted by atomic mass is 9.83. The molecule has 0 amide bonds. The van der Waals surface area contributed by atoms with Crippen molar-refractivity contribution in [2.75, 3.05) is 0 Å². The Morgan fingerprint density at radius 1 is 1.03 bits per heavy atom. The molecule has 0 aromatic heterocycles. The highest BCUT2D eigenvalue weighted by molar-refractivity contribution is 5.80. The molecule has 7 heteroatoms. The van der Waals surface area contributed by atoms with Gasteiger partial charge in [-0.15, -0.1) is 0 Å². The van der Waals surface area contributed by atoms with E-state index in [0.29, 0.717) is 25.7 Å². The highest BCUT2D eigenvalue weighted by Crippen LogP contribution is 2.32. The molecule has 2 fully saturated rings. The van der Waals surface area contributed by atoms with Crippen LogP contribution in [0.5, 0.6) is 0 Å². The number of rotatable bonds is 3. The molecule has 174 valence electrons. The lowest BCUT2D eigenvalue weighted by Crippen LogP contribution is -2.50. The van der Waals surface area contributed by atoms with Crippen molar-refractivity contribution in [2.24, 2.45) is 23.7 Å². The Balaban J connectivity index is 2.23. The summed E-state index contributed by atoms with van der Waals surface area (Å²) in [5.41, 5.74) is 0. The number of aliphatic hydroxyl groups is 2. The molecule has 7 nitrogen and oxygen atoms in total. The van der Waals surface area contributed by atoms with Gasteiger partial charge in [-0.25, -0.2) is 0 Å². The molecule has 0 aromatic carbocycles. The normalized spacial score (nSPS) is 44.7. The molecule has 2 aliphatic rings. The van der Waals surface area contributed by atoms with Gasteiger partial charge in [0.05, 0.1) is 24.2 Å². The molecule has 2 unspecified atom stereocenters. The van der Waals surface area contributed by atoms with Crippen molar-refractivity contribution in [3.63, 3.8) is 0 Å². The van der Waals surface area contributed by atoms with Crippen LogP contribution in [0.15, 0.2) is 0 Å². The molecule has 0 aromatic rings. The maximum atomic E-state index is 13.0. The first kappa shape index (κ1) is 25.2. The minimum Gasteiger partial charge on any atom is -0.462 e. The lowest BCUT2D eigenvalue weighted by molar-refractivity contribution is -0.270. The van der Waals surface area contributed by atoms with Gasteiger partial charge in [-0.3, -0.25) is 9.59 Å². The third-order valence-electron chi connectivity index (χ3n) is 6.84. The van der Waals surface area contributed by atoms with E-state index in [-0.39, 0.29) is 42.0 Å². The number of hydrogen-bond donors (Lipinski definition) is 2. The summed E-state index contributed by atoms with van der Waals surface area (Å²) >= 11 is 0. The zero-order valence-corrected chi connectivity index (χ0v) is 19.2. The highest BCUT2D eigenvalue weighted by atomic mass is 16.7. The van der Waals surface area contributed by atoms with Gasteiger partial charge in [0.15, 0.2) is 6.29 Å². The maximum Gasteiger partial charge on any atom is 0.311 e. The average Bonchev–Trinajstić information content (AvgIpc) is 2.70. The molecule has 0 spiro atoms. The van der Waals surface area contributed by atoms with Crippen LogP contribution in [0.1, 0.15) is 73.6 Å². The van der Waals surface area contributed by atoms with Gasteiger partial charge in [-0.2, -0.15) is 0 Å². The van der Waals surface area contributed by atoms with Gasteiger partial charge in [-0.05, 0) is 44.9 Å². The molecular formula is C23H40O7. The summed E-state index contributed by atoms with van der Waals surface area (Å²) in [4.78, 5) is 25.6. The smallest absolute Gasteiger partial charge is 0.311 e. The Hall–Kier alpha value is -1.02. The van der Waals surface area contributed by atoms with E-state index in [9.17, 15) is 19.8 Å². The zero-order chi connectivity index (χ0) is 22.6. The average molecular weight is 429 g/mol. The van der Waals surface area contributed by atoms with Crippen molar-refractivity contribution in [2.45, 2.75) is 110 Å². The number of aliphatic hydroxyl groups excluding tert-OH is 2. The second kappa shape index (κ2) is 11.0. The standard InChI is InChI=1S/C23H40O7/c1-7-19-12(2)8-9-17(24)13(3)10-14(4)22(15(5)23(27)29-19)30-20-11-18(25)21(26)16(6)28-20/h12-16,18-22,25-26H,7-11H2,1-6H3/t12-,13-,14+,15-,16-,18+,19?,20+,21-,22?/m1/s1. The fourth-order valence-corrected chi connectivity index (χ4v) is 4.65. The van der Waals surface area contributed by atoms with Gasteiger partial charge >= 0.3 is 5.97 Å². The van der Waals surface area contributed by atoms with Crippen LogP contribution in [-0.4, -0.2) is 58.8 Å². The molecule has 0 saturated carbocycles. The third kappa shape index (κ3) is 6.25. The third-order valence-corrected chi connectivity index (χ3v) is 6.84. The van der Waals surface area contributed by atoms with Crippen LogP contribution in [-0.2, 0) is 23.8 Å². The van der Waals surface area contributed by atoms with Crippen LogP contribution < -0.4 is 0 Å². The predicted molar refractivity (Wildman–Crippen MR) is 112 cm³/mol. The minimum absolute atomic E-state index is 0.0914. The van der Waals surface area contributed by atoms with Gasteiger partial charge in [0.2, 0.25) is 0 Å². The summed E-state index contributed by atoms with van der Waals surface area (Å²) in [6, 6.07) is 0. The molecule has 30 heavy (non-hydrogen) atoms. The molecule has 0 radical (unpaired) electrons. The molecule has 2 saturated heterocycles. The molecule has 10 atom stereocenters. The number of carbonyl (C=O) groups excluding carboxylic acids is 2. The minimum atomic E-state index is -0.967. The predicted octanol–water partition coefficient (Wildman–Crippen LogP) is 2.85. The summed E-state index contributed by atoms with van der Waals surface area (Å²) in [6.07, 6.45) is -1.38. The monoisotopic (exact) mass is 428 g/mol. The van der Waals surface area contributed by atoms with Gasteiger partial charge < -0.3 is 24.4 Å². The van der Waals surface area contributed by atoms with Crippen molar-refractivity contribution >= 4 is 11.8 Å². The summed E-state index contributed by atoms with van der Waals surface area (Å²) in [5.74, 6) is -0.744. The van der Waals surface area contributed by atoms with Crippen molar-refractivity contribution in [3.05, 3.63) is 0 Å². The number of cyclic esters (lactones) is 1. The van der Waals surface area contributed by atoms with Crippen LogP contribution in [0.4, 0.5) is 0 Å². The first-order chi connectivity index (χ1) is 14.0. The lowest BCUT2D eigenvalue weighted by Gasteiger charge is -2.39. The van der Waals surface area contributed by atoms with E-state index in [1.807, 2.05) is 27.7 Å². The Morgan fingerprint density at radius 2 is 1.70 bits per heavy atom. The van der Waals surface area contributed by atoms with Gasteiger partial charge in [-0.1, -0.05) is 27.7 Å². The number of esters is 1. The van der Waals surface area contributed by atoms with Crippen molar-refractivity contribution < 1.29 is 34.0 Å². The Kier molecular flexibility index (Phi) is 9.28. The molecule has 2 aliphatic heterocycles. The summed E-state index contributed by atoms with van der Waals surface area (Å²) in [5, 5.41) is 20.0. The van der Waals surface area contributed by atoms with Gasteiger partial charge in [0, 0.05) is 18.8 Å². The Labute approximate surface area is 180 Å². The second-order valence-corrected chi connectivity index (χ2v) is 9.43. The molecule has 2 N–H and O–H groups in total. The fraction of sp³-hybridized carbons (Fsp3) is 0.913. The largest absolute Gasteiger partial charge is 0.462 e.